The molecule has 0 unspecified atom stereocenters. The smallest absolute Gasteiger partial charge is 0.281 e. The van der Waals surface area contributed by atoms with Crippen LogP contribution in [0.1, 0.15) is 5.56 Å². The van der Waals surface area contributed by atoms with Gasteiger partial charge in [-0.25, -0.2) is 0 Å². The quantitative estimate of drug-likeness (QED) is 0.329. The Balaban J connectivity index is 1.40. The van der Waals surface area contributed by atoms with Crippen LogP contribution in [0.4, 0.5) is 5.69 Å². The molecule has 0 spiro atoms. The lowest BCUT2D eigenvalue weighted by molar-refractivity contribution is -0.113. The van der Waals surface area contributed by atoms with Gasteiger partial charge in [-0.2, -0.15) is 0 Å². The zero-order valence-corrected chi connectivity index (χ0v) is 17.3. The fraction of sp³-hybridized carbons (Fsp3) is 0. The Kier molecular flexibility index (Phi) is 4.94. The Morgan fingerprint density at radius 2 is 1.45 bits per heavy atom. The molecule has 150 valence electrons. The van der Waals surface area contributed by atoms with Crippen molar-refractivity contribution in [2.45, 2.75) is 0 Å². The van der Waals surface area contributed by atoms with E-state index in [1.54, 1.807) is 11.0 Å². The molecule has 0 saturated carbocycles. The van der Waals surface area contributed by atoms with Crippen LogP contribution in [0.15, 0.2) is 103 Å². The van der Waals surface area contributed by atoms with Crippen molar-refractivity contribution in [1.82, 2.24) is 5.32 Å². The molecule has 4 aromatic rings. The van der Waals surface area contributed by atoms with E-state index in [9.17, 15) is 4.79 Å². The van der Waals surface area contributed by atoms with Crippen LogP contribution in [0.5, 0.6) is 11.5 Å². The zero-order chi connectivity index (χ0) is 21.2. The van der Waals surface area contributed by atoms with Crippen LogP contribution in [0.2, 0.25) is 0 Å². The zero-order valence-electron chi connectivity index (χ0n) is 16.5. The van der Waals surface area contributed by atoms with Gasteiger partial charge in [-0.15, -0.1) is 0 Å². The number of rotatable bonds is 4. The number of hydrogen-bond acceptors (Lipinski definition) is 3. The number of nitrogens with one attached hydrogen (secondary N) is 1. The van der Waals surface area contributed by atoms with Crippen molar-refractivity contribution in [2.24, 2.45) is 0 Å². The van der Waals surface area contributed by atoms with E-state index in [-0.39, 0.29) is 5.91 Å². The number of ether oxygens (including phenoxy) is 1. The van der Waals surface area contributed by atoms with Crippen molar-refractivity contribution in [1.29, 1.82) is 0 Å². The molecule has 4 nitrogen and oxygen atoms in total. The van der Waals surface area contributed by atoms with Gasteiger partial charge in [0.15, 0.2) is 5.11 Å². The first-order valence-corrected chi connectivity index (χ1v) is 10.3. The van der Waals surface area contributed by atoms with E-state index in [4.69, 9.17) is 17.0 Å². The summed E-state index contributed by atoms with van der Waals surface area (Å²) in [5.74, 6) is 1.33. The molecule has 0 aromatic heterocycles. The molecule has 5 rings (SSSR count). The number of amides is 1. The number of thiocarbonyl (C=S) groups is 1. The number of nitrogens with zero attached hydrogens (tertiary/aromatic N) is 1. The summed E-state index contributed by atoms with van der Waals surface area (Å²) in [5, 5.41) is 5.46. The van der Waals surface area contributed by atoms with Gasteiger partial charge in [0.25, 0.3) is 5.91 Å². The van der Waals surface area contributed by atoms with Crippen LogP contribution in [0.3, 0.4) is 0 Å². The maximum absolute atomic E-state index is 13.2. The number of anilines is 1. The third-order valence-electron chi connectivity index (χ3n) is 5.06. The molecule has 1 heterocycles. The molecule has 1 saturated heterocycles. The van der Waals surface area contributed by atoms with Gasteiger partial charge in [-0.05, 0) is 59.6 Å². The Morgan fingerprint density at radius 1 is 0.774 bits per heavy atom. The van der Waals surface area contributed by atoms with E-state index in [1.165, 1.54) is 0 Å². The molecular weight excluding hydrogens is 404 g/mol. The maximum Gasteiger partial charge on any atom is 0.281 e. The van der Waals surface area contributed by atoms with E-state index >= 15 is 0 Å². The molecule has 5 heteroatoms. The Bertz CT molecular complexity index is 1310. The highest BCUT2D eigenvalue weighted by atomic mass is 32.1. The van der Waals surface area contributed by atoms with E-state index in [1.807, 2.05) is 97.1 Å². The lowest BCUT2D eigenvalue weighted by Crippen LogP contribution is -2.30. The molecule has 1 aliphatic heterocycles. The number of carbonyl (C=O) groups excluding carboxylic acids is 1. The van der Waals surface area contributed by atoms with Gasteiger partial charge in [0, 0.05) is 5.39 Å². The molecule has 1 amide bonds. The Labute approximate surface area is 185 Å². The first-order valence-electron chi connectivity index (χ1n) is 9.87. The highest BCUT2D eigenvalue weighted by Crippen LogP contribution is 2.30. The predicted molar refractivity (Wildman–Crippen MR) is 128 cm³/mol. The van der Waals surface area contributed by atoms with Gasteiger partial charge in [0.1, 0.15) is 17.2 Å². The van der Waals surface area contributed by atoms with Gasteiger partial charge >= 0.3 is 0 Å². The summed E-state index contributed by atoms with van der Waals surface area (Å²) in [7, 11) is 0. The Morgan fingerprint density at radius 3 is 2.26 bits per heavy atom. The minimum absolute atomic E-state index is 0.175. The van der Waals surface area contributed by atoms with Crippen molar-refractivity contribution < 1.29 is 9.53 Å². The second-order valence-electron chi connectivity index (χ2n) is 7.11. The number of benzene rings is 4. The molecule has 31 heavy (non-hydrogen) atoms. The van der Waals surface area contributed by atoms with Gasteiger partial charge in [0.05, 0.1) is 5.69 Å². The monoisotopic (exact) mass is 422 g/mol. The largest absolute Gasteiger partial charge is 0.457 e. The summed E-state index contributed by atoms with van der Waals surface area (Å²) in [4.78, 5) is 14.7. The standard InChI is InChI=1S/C26H18N2O2S/c29-25-23(17-18-13-15-21(16-14-18)30-20-9-2-1-3-10-20)27-26(31)28(25)24-12-6-8-19-7-4-5-11-22(19)24/h1-17H,(H,27,31)/b23-17-. The second-order valence-corrected chi connectivity index (χ2v) is 7.50. The molecule has 0 aliphatic carbocycles. The maximum atomic E-state index is 13.2. The molecule has 1 fully saturated rings. The highest BCUT2D eigenvalue weighted by molar-refractivity contribution is 7.80. The van der Waals surface area contributed by atoms with Crippen molar-refractivity contribution >= 4 is 45.8 Å². The average molecular weight is 423 g/mol. The fourth-order valence-corrected chi connectivity index (χ4v) is 3.87. The average Bonchev–Trinajstić information content (AvgIpc) is 3.08. The molecule has 1 N–H and O–H groups in total. The van der Waals surface area contributed by atoms with Crippen LogP contribution < -0.4 is 15.0 Å². The third kappa shape index (κ3) is 3.79. The summed E-state index contributed by atoms with van der Waals surface area (Å²) in [6.45, 7) is 0. The van der Waals surface area contributed by atoms with Crippen LogP contribution in [-0.2, 0) is 4.79 Å². The first-order chi connectivity index (χ1) is 15.2. The number of hydrogen-bond donors (Lipinski definition) is 1. The van der Waals surface area contributed by atoms with E-state index < -0.39 is 0 Å². The summed E-state index contributed by atoms with van der Waals surface area (Å²) >= 11 is 5.48. The first kappa shape index (κ1) is 19.0. The fourth-order valence-electron chi connectivity index (χ4n) is 3.58. The summed E-state index contributed by atoms with van der Waals surface area (Å²) in [6, 6.07) is 31.0. The van der Waals surface area contributed by atoms with Gasteiger partial charge in [-0.3, -0.25) is 9.69 Å². The van der Waals surface area contributed by atoms with Crippen LogP contribution in [-0.4, -0.2) is 11.0 Å². The van der Waals surface area contributed by atoms with Gasteiger partial charge in [-0.1, -0.05) is 66.7 Å². The minimum Gasteiger partial charge on any atom is -0.457 e. The normalized spacial score (nSPS) is 14.8. The van der Waals surface area contributed by atoms with Crippen molar-refractivity contribution in [3.05, 3.63) is 108 Å². The topological polar surface area (TPSA) is 41.6 Å². The van der Waals surface area contributed by atoms with E-state index in [0.29, 0.717) is 10.8 Å². The third-order valence-corrected chi connectivity index (χ3v) is 5.34. The van der Waals surface area contributed by atoms with E-state index in [0.717, 1.165) is 33.5 Å². The number of para-hydroxylation sites is 1. The summed E-state index contributed by atoms with van der Waals surface area (Å²) in [6.07, 6.45) is 1.80. The van der Waals surface area contributed by atoms with Crippen molar-refractivity contribution in [3.8, 4) is 11.5 Å². The summed E-state index contributed by atoms with van der Waals surface area (Å²) in [5.41, 5.74) is 2.09. The SMILES string of the molecule is O=C1/C(=C/c2ccc(Oc3ccccc3)cc2)NC(=S)N1c1cccc2ccccc12. The lowest BCUT2D eigenvalue weighted by atomic mass is 10.1. The van der Waals surface area contributed by atoms with Crippen LogP contribution >= 0.6 is 12.2 Å². The lowest BCUT2D eigenvalue weighted by Gasteiger charge is -2.16. The van der Waals surface area contributed by atoms with Crippen LogP contribution in [0.25, 0.3) is 16.8 Å². The number of fused-ring (bicyclic) bond motifs is 1. The van der Waals surface area contributed by atoms with Crippen molar-refractivity contribution in [2.75, 3.05) is 4.90 Å². The number of carbonyl (C=O) groups is 1. The summed E-state index contributed by atoms with van der Waals surface area (Å²) < 4.78 is 5.83. The highest BCUT2D eigenvalue weighted by Gasteiger charge is 2.32. The molecule has 4 aromatic carbocycles. The molecule has 0 atom stereocenters. The van der Waals surface area contributed by atoms with E-state index in [2.05, 4.69) is 5.32 Å². The van der Waals surface area contributed by atoms with Crippen LogP contribution in [0, 0.1) is 0 Å². The van der Waals surface area contributed by atoms with Gasteiger partial charge < -0.3 is 10.1 Å². The molecular formula is C26H18N2O2S. The second kappa shape index (κ2) is 8.05. The molecule has 0 bridgehead atoms. The molecule has 0 radical (unpaired) electrons. The van der Waals surface area contributed by atoms with Crippen molar-refractivity contribution in [3.63, 3.8) is 0 Å². The Hall–Kier alpha value is -3.96. The molecule has 1 aliphatic rings. The minimum atomic E-state index is -0.175. The predicted octanol–water partition coefficient (Wildman–Crippen LogP) is 5.89. The van der Waals surface area contributed by atoms with Gasteiger partial charge in [0.2, 0.25) is 0 Å².